The number of rotatable bonds is 5. The van der Waals surface area contributed by atoms with Crippen molar-refractivity contribution >= 4 is 44.2 Å². The SMILES string of the molecule is Cc1csc(/C(C#N)=C/Nc2ccc(Cc3nc4ccccc4s3)cc2)n1. The minimum Gasteiger partial charge on any atom is -0.360 e. The lowest BCUT2D eigenvalue weighted by molar-refractivity contribution is 1.16. The topological polar surface area (TPSA) is 61.6 Å². The molecular formula is C21H16N4S2. The van der Waals surface area contributed by atoms with Crippen LogP contribution in [0.4, 0.5) is 5.69 Å². The minimum atomic E-state index is 0.534. The molecular weight excluding hydrogens is 372 g/mol. The Morgan fingerprint density at radius 2 is 1.96 bits per heavy atom. The molecule has 2 heterocycles. The number of para-hydroxylation sites is 1. The molecule has 0 radical (unpaired) electrons. The first-order valence-electron chi connectivity index (χ1n) is 8.44. The standard InChI is InChI=1S/C21H16N4S2/c1-14-13-26-21(24-14)16(11-22)12-23-17-8-6-15(7-9-17)10-20-25-18-4-2-3-5-19(18)27-20/h2-9,12-13,23H,10H2,1H3/b16-12+. The molecule has 4 rings (SSSR count). The molecule has 0 amide bonds. The summed E-state index contributed by atoms with van der Waals surface area (Å²) in [6.45, 7) is 1.92. The van der Waals surface area contributed by atoms with Crippen molar-refractivity contribution in [1.29, 1.82) is 5.26 Å². The van der Waals surface area contributed by atoms with E-state index in [4.69, 9.17) is 0 Å². The molecule has 2 aromatic heterocycles. The summed E-state index contributed by atoms with van der Waals surface area (Å²) in [7, 11) is 0. The maximum absolute atomic E-state index is 9.34. The van der Waals surface area contributed by atoms with Crippen LogP contribution in [0.15, 0.2) is 60.1 Å². The van der Waals surface area contributed by atoms with Gasteiger partial charge < -0.3 is 5.32 Å². The summed E-state index contributed by atoms with van der Waals surface area (Å²) in [6, 6.07) is 18.6. The number of nitriles is 1. The lowest BCUT2D eigenvalue weighted by Gasteiger charge is -2.03. The van der Waals surface area contributed by atoms with Gasteiger partial charge in [-0.05, 0) is 36.8 Å². The molecule has 132 valence electrons. The highest BCUT2D eigenvalue weighted by atomic mass is 32.1. The zero-order valence-electron chi connectivity index (χ0n) is 14.6. The highest BCUT2D eigenvalue weighted by Crippen LogP contribution is 2.24. The van der Waals surface area contributed by atoms with Gasteiger partial charge in [0.05, 0.1) is 15.2 Å². The van der Waals surface area contributed by atoms with Crippen molar-refractivity contribution in [2.24, 2.45) is 0 Å². The smallest absolute Gasteiger partial charge is 0.135 e. The van der Waals surface area contributed by atoms with Crippen molar-refractivity contribution < 1.29 is 0 Å². The second-order valence-electron chi connectivity index (χ2n) is 6.06. The summed E-state index contributed by atoms with van der Waals surface area (Å²) >= 11 is 3.21. The van der Waals surface area contributed by atoms with Gasteiger partial charge >= 0.3 is 0 Å². The highest BCUT2D eigenvalue weighted by molar-refractivity contribution is 7.18. The average Bonchev–Trinajstić information content (AvgIpc) is 3.29. The Morgan fingerprint density at radius 3 is 2.67 bits per heavy atom. The third kappa shape index (κ3) is 4.05. The number of aryl methyl sites for hydroxylation is 1. The van der Waals surface area contributed by atoms with E-state index < -0.39 is 0 Å². The average molecular weight is 389 g/mol. The number of hydrogen-bond acceptors (Lipinski definition) is 6. The lowest BCUT2D eigenvalue weighted by atomic mass is 10.1. The quantitative estimate of drug-likeness (QED) is 0.450. The van der Waals surface area contributed by atoms with Crippen LogP contribution < -0.4 is 5.32 Å². The van der Waals surface area contributed by atoms with Crippen molar-refractivity contribution in [3.63, 3.8) is 0 Å². The van der Waals surface area contributed by atoms with E-state index in [0.29, 0.717) is 5.57 Å². The Bertz CT molecular complexity index is 1110. The van der Waals surface area contributed by atoms with E-state index in [9.17, 15) is 5.26 Å². The number of nitrogens with one attached hydrogen (secondary N) is 1. The van der Waals surface area contributed by atoms with Crippen molar-refractivity contribution in [2.75, 3.05) is 5.32 Å². The predicted molar refractivity (Wildman–Crippen MR) is 113 cm³/mol. The lowest BCUT2D eigenvalue weighted by Crippen LogP contribution is -1.92. The zero-order valence-corrected chi connectivity index (χ0v) is 16.3. The molecule has 2 aromatic carbocycles. The molecule has 0 saturated heterocycles. The Hall–Kier alpha value is -3.01. The molecule has 0 unspecified atom stereocenters. The Kier molecular flexibility index (Phi) is 4.97. The van der Waals surface area contributed by atoms with Crippen LogP contribution in [0.5, 0.6) is 0 Å². The molecule has 27 heavy (non-hydrogen) atoms. The summed E-state index contributed by atoms with van der Waals surface area (Å²) in [5.41, 5.74) is 4.66. The van der Waals surface area contributed by atoms with Crippen molar-refractivity contribution in [3.8, 4) is 6.07 Å². The number of nitrogens with zero attached hydrogens (tertiary/aromatic N) is 3. The first kappa shape index (κ1) is 17.4. The van der Waals surface area contributed by atoms with Gasteiger partial charge in [-0.1, -0.05) is 24.3 Å². The fraction of sp³-hybridized carbons (Fsp3) is 0.0952. The molecule has 0 spiro atoms. The van der Waals surface area contributed by atoms with Gasteiger partial charge in [0.25, 0.3) is 0 Å². The van der Waals surface area contributed by atoms with Gasteiger partial charge in [0.2, 0.25) is 0 Å². The van der Waals surface area contributed by atoms with Crippen molar-refractivity contribution in [3.05, 3.63) is 81.4 Å². The van der Waals surface area contributed by atoms with Crippen molar-refractivity contribution in [2.45, 2.75) is 13.3 Å². The van der Waals surface area contributed by atoms with Gasteiger partial charge in [0.1, 0.15) is 16.6 Å². The van der Waals surface area contributed by atoms with Gasteiger partial charge in [0, 0.05) is 29.4 Å². The second kappa shape index (κ2) is 7.70. The van der Waals surface area contributed by atoms with Crippen LogP contribution in [0.1, 0.15) is 21.3 Å². The fourth-order valence-corrected chi connectivity index (χ4v) is 4.43. The number of aromatic nitrogens is 2. The van der Waals surface area contributed by atoms with E-state index in [1.807, 2.05) is 42.6 Å². The summed E-state index contributed by atoms with van der Waals surface area (Å²) in [5, 5.41) is 16.3. The highest BCUT2D eigenvalue weighted by Gasteiger charge is 2.06. The largest absolute Gasteiger partial charge is 0.360 e. The van der Waals surface area contributed by atoms with E-state index in [1.165, 1.54) is 21.6 Å². The van der Waals surface area contributed by atoms with Gasteiger partial charge in [-0.3, -0.25) is 0 Å². The number of fused-ring (bicyclic) bond motifs is 1. The maximum Gasteiger partial charge on any atom is 0.135 e. The van der Waals surface area contributed by atoms with Crippen LogP contribution in [-0.2, 0) is 6.42 Å². The number of hydrogen-bond donors (Lipinski definition) is 1. The molecule has 0 fully saturated rings. The first-order valence-corrected chi connectivity index (χ1v) is 10.1. The van der Waals surface area contributed by atoms with E-state index >= 15 is 0 Å². The van der Waals surface area contributed by atoms with Gasteiger partial charge in [-0.2, -0.15) is 5.26 Å². The molecule has 6 heteroatoms. The van der Waals surface area contributed by atoms with E-state index in [-0.39, 0.29) is 0 Å². The molecule has 0 aliphatic carbocycles. The molecule has 4 nitrogen and oxygen atoms in total. The van der Waals surface area contributed by atoms with Gasteiger partial charge in [-0.15, -0.1) is 22.7 Å². The Morgan fingerprint density at radius 1 is 1.15 bits per heavy atom. The summed E-state index contributed by atoms with van der Waals surface area (Å²) in [5.74, 6) is 0. The summed E-state index contributed by atoms with van der Waals surface area (Å²) in [4.78, 5) is 9.04. The van der Waals surface area contributed by atoms with E-state index in [0.717, 1.165) is 33.3 Å². The van der Waals surface area contributed by atoms with Crippen LogP contribution in [0.2, 0.25) is 0 Å². The second-order valence-corrected chi connectivity index (χ2v) is 8.03. The third-order valence-electron chi connectivity index (χ3n) is 4.00. The number of allylic oxidation sites excluding steroid dienone is 1. The van der Waals surface area contributed by atoms with Crippen LogP contribution in [0.25, 0.3) is 15.8 Å². The van der Waals surface area contributed by atoms with Gasteiger partial charge in [-0.25, -0.2) is 9.97 Å². The van der Waals surface area contributed by atoms with Crippen LogP contribution in [-0.4, -0.2) is 9.97 Å². The maximum atomic E-state index is 9.34. The number of thiazole rings is 2. The van der Waals surface area contributed by atoms with Crippen molar-refractivity contribution in [1.82, 2.24) is 9.97 Å². The monoisotopic (exact) mass is 388 g/mol. The van der Waals surface area contributed by atoms with E-state index in [2.05, 4.69) is 39.6 Å². The minimum absolute atomic E-state index is 0.534. The van der Waals surface area contributed by atoms with Gasteiger partial charge in [0.15, 0.2) is 0 Å². The Labute approximate surface area is 165 Å². The van der Waals surface area contributed by atoms with E-state index in [1.54, 1.807) is 17.5 Å². The third-order valence-corrected chi connectivity index (χ3v) is 6.03. The zero-order chi connectivity index (χ0) is 18.6. The predicted octanol–water partition coefficient (Wildman–Crippen LogP) is 5.63. The summed E-state index contributed by atoms with van der Waals surface area (Å²) < 4.78 is 1.22. The Balaban J connectivity index is 1.45. The molecule has 0 saturated carbocycles. The van der Waals surface area contributed by atoms with Crippen LogP contribution in [0.3, 0.4) is 0 Å². The molecule has 1 N–H and O–H groups in total. The molecule has 0 bridgehead atoms. The molecule has 0 atom stereocenters. The normalized spacial score (nSPS) is 11.5. The molecule has 0 aliphatic heterocycles. The molecule has 4 aromatic rings. The van der Waals surface area contributed by atoms with Crippen LogP contribution in [0, 0.1) is 18.3 Å². The fourth-order valence-electron chi connectivity index (χ4n) is 2.66. The molecule has 0 aliphatic rings. The first-order chi connectivity index (χ1) is 13.2. The number of anilines is 1. The van der Waals surface area contributed by atoms with Crippen LogP contribution >= 0.6 is 22.7 Å². The summed E-state index contributed by atoms with van der Waals surface area (Å²) in [6.07, 6.45) is 2.53. The number of benzene rings is 2.